The van der Waals surface area contributed by atoms with Gasteiger partial charge in [0.2, 0.25) is 21.8 Å². The second-order valence-electron chi connectivity index (χ2n) is 18.1. The fraction of sp³-hybridized carbons (Fsp3) is 0.721. The van der Waals surface area contributed by atoms with Crippen molar-refractivity contribution >= 4 is 46.0 Å². The van der Waals surface area contributed by atoms with Crippen molar-refractivity contribution in [3.8, 4) is 5.75 Å². The van der Waals surface area contributed by atoms with Crippen molar-refractivity contribution in [1.82, 2.24) is 30.1 Å². The lowest BCUT2D eigenvalue weighted by molar-refractivity contribution is -0.141. The molecule has 0 bridgehead atoms. The van der Waals surface area contributed by atoms with Gasteiger partial charge in [-0.25, -0.2) is 22.8 Å². The number of fused-ring (bicyclic) bond motifs is 1. The third kappa shape index (κ3) is 13.3. The molecule has 1 aromatic carbocycles. The molecule has 0 aromatic heterocycles. The van der Waals surface area contributed by atoms with Crippen molar-refractivity contribution in [2.45, 2.75) is 152 Å². The molecule has 2 saturated carbocycles. The van der Waals surface area contributed by atoms with Crippen LogP contribution in [0.25, 0.3) is 0 Å². The van der Waals surface area contributed by atoms with Gasteiger partial charge >= 0.3 is 18.3 Å². The van der Waals surface area contributed by atoms with Gasteiger partial charge < -0.3 is 44.1 Å². The molecule has 0 radical (unpaired) electrons. The molecule has 5 aliphatic rings. The first-order valence-electron chi connectivity index (χ1n) is 22.3. The zero-order chi connectivity index (χ0) is 45.4. The Morgan fingerprint density at radius 1 is 0.905 bits per heavy atom. The molecule has 1 aromatic rings. The first-order valence-corrected chi connectivity index (χ1v) is 23.9. The average molecular weight is 905 g/mol. The number of hydrogen-bond donors (Lipinski definition) is 3. The number of alkyl carbamates (subject to hydrolysis) is 1. The lowest BCUT2D eigenvalue weighted by Crippen LogP contribution is -2.57. The number of nitrogens with one attached hydrogen (secondary N) is 3. The van der Waals surface area contributed by atoms with E-state index in [0.717, 1.165) is 43.2 Å². The van der Waals surface area contributed by atoms with Crippen LogP contribution < -0.4 is 20.1 Å². The summed E-state index contributed by atoms with van der Waals surface area (Å²) >= 11 is 0. The molecule has 2 aliphatic carbocycles. The van der Waals surface area contributed by atoms with E-state index in [0.29, 0.717) is 51.3 Å². The topological polar surface area (TPSA) is 229 Å². The lowest BCUT2D eigenvalue weighted by atomic mass is 10.0. The highest BCUT2D eigenvalue weighted by Crippen LogP contribution is 2.38. The highest BCUT2D eigenvalue weighted by Gasteiger charge is 2.55. The van der Waals surface area contributed by atoms with Gasteiger partial charge in [-0.3, -0.25) is 24.0 Å². The number of amides is 6. The summed E-state index contributed by atoms with van der Waals surface area (Å²) in [5, 5.41) is 4.80. The van der Waals surface area contributed by atoms with Crippen molar-refractivity contribution in [1.29, 1.82) is 0 Å². The van der Waals surface area contributed by atoms with Crippen LogP contribution in [0.5, 0.6) is 5.75 Å². The first kappa shape index (κ1) is 47.6. The molecule has 6 rings (SSSR count). The predicted molar refractivity (Wildman–Crippen MR) is 227 cm³/mol. The van der Waals surface area contributed by atoms with E-state index in [1.54, 1.807) is 31.7 Å². The number of carbonyl (C=O) groups excluding carboxylic acids is 6. The van der Waals surface area contributed by atoms with E-state index in [1.807, 2.05) is 12.1 Å². The molecular weight excluding hydrogens is 841 g/mol. The summed E-state index contributed by atoms with van der Waals surface area (Å²) in [6, 6.07) is 3.14. The number of rotatable bonds is 19. The van der Waals surface area contributed by atoms with E-state index in [4.69, 9.17) is 23.7 Å². The molecule has 0 spiro atoms. The molecule has 3 atom stereocenters. The third-order valence-corrected chi connectivity index (χ3v) is 13.5. The number of unbranched alkanes of at least 4 members (excludes halogenated alkanes) is 5. The number of hydrogen-bond acceptors (Lipinski definition) is 13. The van der Waals surface area contributed by atoms with Crippen LogP contribution in [0.15, 0.2) is 18.2 Å². The van der Waals surface area contributed by atoms with Gasteiger partial charge in [-0.05, 0) is 76.1 Å². The quantitative estimate of drug-likeness (QED) is 0.133. The Hall–Kier alpha value is -4.85. The van der Waals surface area contributed by atoms with Gasteiger partial charge in [0.25, 0.3) is 5.91 Å². The molecule has 3 aliphatic heterocycles. The molecule has 3 heterocycles. The van der Waals surface area contributed by atoms with E-state index in [-0.39, 0.29) is 58.5 Å². The molecular formula is C43H64N6O13S. The minimum atomic E-state index is -3.88. The van der Waals surface area contributed by atoms with Crippen molar-refractivity contribution in [3.05, 3.63) is 29.3 Å². The minimum Gasteiger partial charge on any atom is -0.490 e. The fourth-order valence-electron chi connectivity index (χ4n) is 7.89. The van der Waals surface area contributed by atoms with Crippen molar-refractivity contribution in [3.63, 3.8) is 0 Å². The molecule has 4 fully saturated rings. The summed E-state index contributed by atoms with van der Waals surface area (Å²) < 4.78 is 55.2. The number of morpholine rings is 1. The zero-order valence-electron chi connectivity index (χ0n) is 36.9. The maximum Gasteiger partial charge on any atom is 0.410 e. The Kier molecular flexibility index (Phi) is 15.7. The Morgan fingerprint density at radius 2 is 1.60 bits per heavy atom. The maximum atomic E-state index is 14.5. The summed E-state index contributed by atoms with van der Waals surface area (Å²) in [6.07, 6.45) is 4.24. The molecule has 20 heteroatoms. The maximum absolute atomic E-state index is 14.5. The van der Waals surface area contributed by atoms with E-state index >= 15 is 0 Å². The summed E-state index contributed by atoms with van der Waals surface area (Å²) in [6.45, 7) is 9.58. The van der Waals surface area contributed by atoms with Crippen LogP contribution in [0, 0.1) is 0 Å². The summed E-state index contributed by atoms with van der Waals surface area (Å²) in [4.78, 5) is 85.3. The van der Waals surface area contributed by atoms with Crippen molar-refractivity contribution < 1.29 is 60.9 Å². The normalized spacial score (nSPS) is 20.9. The molecule has 63 heavy (non-hydrogen) atoms. The first-order chi connectivity index (χ1) is 30.0. The minimum absolute atomic E-state index is 0.0546. The Labute approximate surface area is 369 Å². The van der Waals surface area contributed by atoms with Gasteiger partial charge in [-0.2, -0.15) is 0 Å². The standard InChI is InChI=1S/C43H64N6O13S/c1-5-6-7-8-9-10-11-34(44-39(53)62-42(2,3)4)37(51)49-28-32(25-35(49)36(50)45-43(16-17-43)38(52)46-63(56,57)33-14-15-33)61-41(55)48-26-29-12-13-31(24-30(29)27-48)59-22-23-60-40(54)47-18-20-58-21-19-47/h12-13,24,32-35H,5-11,14-23,25-28H2,1-4H3,(H,44,53)(H,45,50)(H,46,52)/t32-,34+,35?/m1/s1. The predicted octanol–water partition coefficient (Wildman–Crippen LogP) is 3.86. The molecule has 3 N–H and O–H groups in total. The molecule has 6 amide bonds. The van der Waals surface area contributed by atoms with Gasteiger partial charge in [0.15, 0.2) is 0 Å². The van der Waals surface area contributed by atoms with Crippen LogP contribution in [-0.4, -0.2) is 140 Å². The SMILES string of the molecule is CCCCCCCC[C@H](NC(=O)OC(C)(C)C)C(=O)N1C[C@H](OC(=O)N2Cc3ccc(OCCOC(=O)N4CCOCC4)cc3C2)CC1C(=O)NC1(C(=O)NS(=O)(=O)C2CC2)CC1. The molecule has 1 unspecified atom stereocenters. The Morgan fingerprint density at radius 3 is 2.29 bits per heavy atom. The van der Waals surface area contributed by atoms with Gasteiger partial charge in [0.1, 0.15) is 48.3 Å². The smallest absolute Gasteiger partial charge is 0.410 e. The number of ether oxygens (including phenoxy) is 5. The third-order valence-electron chi connectivity index (χ3n) is 11.7. The van der Waals surface area contributed by atoms with Crippen molar-refractivity contribution in [2.24, 2.45) is 0 Å². The number of carbonyl (C=O) groups is 6. The van der Waals surface area contributed by atoms with Crippen molar-refractivity contribution in [2.75, 3.05) is 46.1 Å². The van der Waals surface area contributed by atoms with Gasteiger partial charge in [0, 0.05) is 32.6 Å². The van der Waals surface area contributed by atoms with Crippen LogP contribution in [0.1, 0.15) is 116 Å². The summed E-state index contributed by atoms with van der Waals surface area (Å²) in [5.41, 5.74) is -0.603. The summed E-state index contributed by atoms with van der Waals surface area (Å²) in [5.74, 6) is -1.57. The number of nitrogens with zero attached hydrogens (tertiary/aromatic N) is 3. The highest BCUT2D eigenvalue weighted by atomic mass is 32.2. The largest absolute Gasteiger partial charge is 0.490 e. The van der Waals surface area contributed by atoms with Gasteiger partial charge in [-0.1, -0.05) is 51.5 Å². The van der Waals surface area contributed by atoms with Crippen LogP contribution >= 0.6 is 0 Å². The molecule has 2 saturated heterocycles. The monoisotopic (exact) mass is 904 g/mol. The lowest BCUT2D eigenvalue weighted by Gasteiger charge is -2.30. The number of sulfonamides is 1. The molecule has 19 nitrogen and oxygen atoms in total. The molecule has 350 valence electrons. The van der Waals surface area contributed by atoms with Gasteiger partial charge in [-0.15, -0.1) is 0 Å². The second kappa shape index (κ2) is 20.8. The second-order valence-corrected chi connectivity index (χ2v) is 20.1. The van der Waals surface area contributed by atoms with E-state index < -0.39 is 80.6 Å². The highest BCUT2D eigenvalue weighted by molar-refractivity contribution is 7.91. The zero-order valence-corrected chi connectivity index (χ0v) is 37.8. The fourth-order valence-corrected chi connectivity index (χ4v) is 9.26. The van der Waals surface area contributed by atoms with E-state index in [1.165, 1.54) is 9.80 Å². The summed E-state index contributed by atoms with van der Waals surface area (Å²) in [7, 11) is -3.88. The van der Waals surface area contributed by atoms with Crippen LogP contribution in [0.2, 0.25) is 0 Å². The van der Waals surface area contributed by atoms with E-state index in [9.17, 15) is 37.2 Å². The Balaban J connectivity index is 1.10. The number of likely N-dealkylation sites (tertiary alicyclic amines) is 1. The van der Waals surface area contributed by atoms with E-state index in [2.05, 4.69) is 22.3 Å². The van der Waals surface area contributed by atoms with Crippen LogP contribution in [-0.2, 0) is 56.4 Å². The van der Waals surface area contributed by atoms with Gasteiger partial charge in [0.05, 0.1) is 25.0 Å². The van der Waals surface area contributed by atoms with Crippen LogP contribution in [0.3, 0.4) is 0 Å². The Bertz CT molecular complexity index is 1940. The number of benzene rings is 1. The van der Waals surface area contributed by atoms with Crippen LogP contribution in [0.4, 0.5) is 14.4 Å². The average Bonchev–Trinajstić information content (AvgIpc) is 4.16.